The number of benzene rings is 2. The number of likely N-dealkylation sites (tertiary alicyclic amines) is 1. The first-order chi connectivity index (χ1) is 14.6. The monoisotopic (exact) mass is 420 g/mol. The molecule has 2 aromatic heterocycles. The maximum absolute atomic E-state index is 13.3. The van der Waals surface area contributed by atoms with Crippen LogP contribution in [-0.2, 0) is 0 Å². The highest BCUT2D eigenvalue weighted by atomic mass is 32.1. The molecule has 5 rings (SSSR count). The summed E-state index contributed by atoms with van der Waals surface area (Å²) in [6, 6.07) is 18.5. The van der Waals surface area contributed by atoms with E-state index in [0.717, 1.165) is 40.3 Å². The highest BCUT2D eigenvalue weighted by molar-refractivity contribution is 7.20. The number of halogens is 1. The van der Waals surface area contributed by atoms with Gasteiger partial charge in [0.25, 0.3) is 5.91 Å². The Labute approximate surface area is 177 Å². The zero-order chi connectivity index (χ0) is 20.7. The van der Waals surface area contributed by atoms with Crippen LogP contribution in [0.25, 0.3) is 15.9 Å². The van der Waals surface area contributed by atoms with Crippen molar-refractivity contribution in [2.24, 2.45) is 0 Å². The molecular formula is C23H21FN4OS. The molecule has 5 nitrogen and oxygen atoms in total. The van der Waals surface area contributed by atoms with Gasteiger partial charge in [0, 0.05) is 30.2 Å². The molecule has 1 amide bonds. The van der Waals surface area contributed by atoms with Crippen LogP contribution in [0.15, 0.2) is 60.7 Å². The van der Waals surface area contributed by atoms with E-state index >= 15 is 0 Å². The van der Waals surface area contributed by atoms with E-state index in [1.165, 1.54) is 23.5 Å². The van der Waals surface area contributed by atoms with Crippen LogP contribution >= 0.6 is 11.3 Å². The van der Waals surface area contributed by atoms with Gasteiger partial charge in [-0.2, -0.15) is 5.10 Å². The van der Waals surface area contributed by atoms with E-state index in [0.29, 0.717) is 11.4 Å². The van der Waals surface area contributed by atoms with E-state index in [-0.39, 0.29) is 17.8 Å². The molecule has 0 spiro atoms. The Kier molecular flexibility index (Phi) is 4.75. The summed E-state index contributed by atoms with van der Waals surface area (Å²) in [5.41, 5.74) is 2.71. The molecule has 7 heteroatoms. The van der Waals surface area contributed by atoms with Gasteiger partial charge in [0.1, 0.15) is 10.6 Å². The Bertz CT molecular complexity index is 1200. The fraction of sp³-hybridized carbons (Fsp3) is 0.217. The van der Waals surface area contributed by atoms with Crippen molar-refractivity contribution in [2.45, 2.75) is 19.4 Å². The van der Waals surface area contributed by atoms with E-state index in [9.17, 15) is 9.18 Å². The number of nitrogens with zero attached hydrogens (tertiary/aromatic N) is 3. The summed E-state index contributed by atoms with van der Waals surface area (Å²) in [5, 5.41) is 9.05. The molecule has 4 aromatic rings. The van der Waals surface area contributed by atoms with Crippen LogP contribution < -0.4 is 5.32 Å². The predicted molar refractivity (Wildman–Crippen MR) is 118 cm³/mol. The summed E-state index contributed by atoms with van der Waals surface area (Å²) < 4.78 is 15.1. The zero-order valence-electron chi connectivity index (χ0n) is 16.5. The van der Waals surface area contributed by atoms with Crippen molar-refractivity contribution >= 4 is 33.1 Å². The number of para-hydroxylation sites is 1. The molecule has 0 aliphatic carbocycles. The third-order valence-electron chi connectivity index (χ3n) is 5.45. The largest absolute Gasteiger partial charge is 0.380 e. The first-order valence-electron chi connectivity index (χ1n) is 9.94. The Hall–Kier alpha value is -3.19. The second kappa shape index (κ2) is 7.57. The first-order valence-corrected chi connectivity index (χ1v) is 10.8. The van der Waals surface area contributed by atoms with Gasteiger partial charge in [-0.1, -0.05) is 18.2 Å². The second-order valence-corrected chi connectivity index (χ2v) is 8.58. The summed E-state index contributed by atoms with van der Waals surface area (Å²) in [6.07, 6.45) is 0.925. The molecule has 1 N–H and O–H groups in total. The standard InChI is InChI=1S/C23H21FN4OS/c1-15-20-13-21(30-23(20)28(26-15)19-9-7-16(24)8-10-19)22(29)27-12-11-18(14-27)25-17-5-3-2-4-6-17/h2-10,13,18,25H,11-12,14H2,1H3/t18-/m1/s1. The third-order valence-corrected chi connectivity index (χ3v) is 6.55. The summed E-state index contributed by atoms with van der Waals surface area (Å²) in [5.74, 6) is -0.229. The number of hydrogen-bond acceptors (Lipinski definition) is 4. The SMILES string of the molecule is Cc1nn(-c2ccc(F)cc2)c2sc(C(=O)N3CC[C@@H](Nc4ccccc4)C3)cc12. The summed E-state index contributed by atoms with van der Waals surface area (Å²) in [4.78, 5) is 16.7. The maximum atomic E-state index is 13.3. The Balaban J connectivity index is 1.37. The smallest absolute Gasteiger partial charge is 0.264 e. The van der Waals surface area contributed by atoms with Crippen molar-refractivity contribution in [2.75, 3.05) is 18.4 Å². The number of carbonyl (C=O) groups excluding carboxylic acids is 1. The molecule has 2 aromatic carbocycles. The lowest BCUT2D eigenvalue weighted by molar-refractivity contribution is 0.0796. The van der Waals surface area contributed by atoms with Crippen molar-refractivity contribution in [3.8, 4) is 5.69 Å². The van der Waals surface area contributed by atoms with E-state index in [1.54, 1.807) is 16.8 Å². The molecule has 0 radical (unpaired) electrons. The van der Waals surface area contributed by atoms with Crippen molar-refractivity contribution in [3.05, 3.63) is 77.1 Å². The topological polar surface area (TPSA) is 50.2 Å². The van der Waals surface area contributed by atoms with Crippen molar-refractivity contribution in [3.63, 3.8) is 0 Å². The number of fused-ring (bicyclic) bond motifs is 1. The average molecular weight is 421 g/mol. The number of hydrogen-bond donors (Lipinski definition) is 1. The number of nitrogens with one attached hydrogen (secondary N) is 1. The number of rotatable bonds is 4. The van der Waals surface area contributed by atoms with Crippen LogP contribution in [0.5, 0.6) is 0 Å². The molecule has 1 fully saturated rings. The molecule has 3 heterocycles. The van der Waals surface area contributed by atoms with Crippen LogP contribution in [0.4, 0.5) is 10.1 Å². The quantitative estimate of drug-likeness (QED) is 0.513. The lowest BCUT2D eigenvalue weighted by atomic mass is 10.2. The minimum absolute atomic E-state index is 0.0543. The summed E-state index contributed by atoms with van der Waals surface area (Å²) in [6.45, 7) is 3.35. The van der Waals surface area contributed by atoms with Crippen LogP contribution in [0, 0.1) is 12.7 Å². The van der Waals surface area contributed by atoms with Gasteiger partial charge in [-0.15, -0.1) is 11.3 Å². The van der Waals surface area contributed by atoms with Crippen LogP contribution in [0.1, 0.15) is 21.8 Å². The Morgan fingerprint density at radius 2 is 1.93 bits per heavy atom. The van der Waals surface area contributed by atoms with Crippen LogP contribution in [0.3, 0.4) is 0 Å². The molecule has 1 saturated heterocycles. The molecule has 0 unspecified atom stereocenters. The lowest BCUT2D eigenvalue weighted by Gasteiger charge is -2.17. The first kappa shape index (κ1) is 18.8. The number of thiophene rings is 1. The minimum atomic E-state index is -0.284. The normalized spacial score (nSPS) is 16.3. The predicted octanol–water partition coefficient (Wildman–Crippen LogP) is 4.86. The van der Waals surface area contributed by atoms with Gasteiger partial charge in [0.05, 0.1) is 16.3 Å². The lowest BCUT2D eigenvalue weighted by Crippen LogP contribution is -2.31. The molecule has 1 atom stereocenters. The zero-order valence-corrected chi connectivity index (χ0v) is 17.3. The number of carbonyl (C=O) groups is 1. The van der Waals surface area contributed by atoms with Crippen LogP contribution in [0.2, 0.25) is 0 Å². The van der Waals surface area contributed by atoms with Crippen LogP contribution in [-0.4, -0.2) is 39.7 Å². The van der Waals surface area contributed by atoms with Crippen molar-refractivity contribution in [1.29, 1.82) is 0 Å². The Morgan fingerprint density at radius 1 is 1.17 bits per heavy atom. The number of aromatic nitrogens is 2. The van der Waals surface area contributed by atoms with Crippen molar-refractivity contribution < 1.29 is 9.18 Å². The minimum Gasteiger partial charge on any atom is -0.380 e. The Morgan fingerprint density at radius 3 is 2.70 bits per heavy atom. The molecule has 1 aliphatic heterocycles. The molecule has 152 valence electrons. The molecular weight excluding hydrogens is 399 g/mol. The van der Waals surface area contributed by atoms with E-state index in [2.05, 4.69) is 10.4 Å². The van der Waals surface area contributed by atoms with Gasteiger partial charge in [-0.05, 0) is 55.8 Å². The van der Waals surface area contributed by atoms with E-state index in [1.807, 2.05) is 48.2 Å². The van der Waals surface area contributed by atoms with Gasteiger partial charge in [0.2, 0.25) is 0 Å². The van der Waals surface area contributed by atoms with E-state index < -0.39 is 0 Å². The third kappa shape index (κ3) is 3.45. The second-order valence-electron chi connectivity index (χ2n) is 7.55. The van der Waals surface area contributed by atoms with Gasteiger partial charge >= 0.3 is 0 Å². The summed E-state index contributed by atoms with van der Waals surface area (Å²) in [7, 11) is 0. The van der Waals surface area contributed by atoms with Crippen molar-refractivity contribution in [1.82, 2.24) is 14.7 Å². The highest BCUT2D eigenvalue weighted by Crippen LogP contribution is 2.32. The number of amides is 1. The molecule has 1 aliphatic rings. The van der Waals surface area contributed by atoms with E-state index in [4.69, 9.17) is 0 Å². The molecule has 30 heavy (non-hydrogen) atoms. The summed E-state index contributed by atoms with van der Waals surface area (Å²) >= 11 is 1.44. The molecule has 0 bridgehead atoms. The maximum Gasteiger partial charge on any atom is 0.264 e. The number of anilines is 1. The average Bonchev–Trinajstić information content (AvgIpc) is 3.46. The van der Waals surface area contributed by atoms with Gasteiger partial charge < -0.3 is 10.2 Å². The fourth-order valence-electron chi connectivity index (χ4n) is 3.90. The molecule has 0 saturated carbocycles. The fourth-order valence-corrected chi connectivity index (χ4v) is 5.05. The van der Waals surface area contributed by atoms with Gasteiger partial charge in [0.15, 0.2) is 0 Å². The van der Waals surface area contributed by atoms with Gasteiger partial charge in [-0.25, -0.2) is 9.07 Å². The highest BCUT2D eigenvalue weighted by Gasteiger charge is 2.28. The number of aryl methyl sites for hydroxylation is 1. The van der Waals surface area contributed by atoms with Gasteiger partial charge in [-0.3, -0.25) is 4.79 Å².